The molecule has 1 aromatic heterocycles. The lowest BCUT2D eigenvalue weighted by atomic mass is 10.1. The molecular formula is C13H14ClN5O. The van der Waals surface area contributed by atoms with Crippen LogP contribution in [0.2, 0.25) is 5.15 Å². The Balaban J connectivity index is 1.92. The van der Waals surface area contributed by atoms with Gasteiger partial charge in [-0.05, 0) is 24.1 Å². The highest BCUT2D eigenvalue weighted by atomic mass is 35.5. The van der Waals surface area contributed by atoms with Gasteiger partial charge in [0.2, 0.25) is 5.91 Å². The van der Waals surface area contributed by atoms with Crippen molar-refractivity contribution in [1.82, 2.24) is 10.2 Å². The van der Waals surface area contributed by atoms with Crippen LogP contribution in [-0.2, 0) is 6.42 Å². The average molecular weight is 292 g/mol. The van der Waals surface area contributed by atoms with Crippen molar-refractivity contribution in [3.63, 3.8) is 0 Å². The number of nitrogens with one attached hydrogen (secondary N) is 1. The molecule has 7 heteroatoms. The van der Waals surface area contributed by atoms with Gasteiger partial charge in [-0.15, -0.1) is 10.2 Å². The number of nitrogen functional groups attached to an aromatic ring is 1. The molecule has 2 rings (SSSR count). The standard InChI is InChI=1S/C13H14ClN5O/c14-11-7-10(12(15)19-18-11)17-6-5-8-1-3-9(4-2-8)13(16)20/h1-4,7H,5-6H2,(H2,15,19)(H2,16,20)(H,17,18). The summed E-state index contributed by atoms with van der Waals surface area (Å²) in [6, 6.07) is 8.76. The molecule has 0 radical (unpaired) electrons. The van der Waals surface area contributed by atoms with Gasteiger partial charge < -0.3 is 16.8 Å². The van der Waals surface area contributed by atoms with E-state index in [1.54, 1.807) is 18.2 Å². The van der Waals surface area contributed by atoms with Crippen LogP contribution in [0.15, 0.2) is 30.3 Å². The van der Waals surface area contributed by atoms with E-state index in [0.29, 0.717) is 23.6 Å². The molecule has 0 unspecified atom stereocenters. The van der Waals surface area contributed by atoms with E-state index >= 15 is 0 Å². The molecule has 104 valence electrons. The van der Waals surface area contributed by atoms with Crippen LogP contribution in [0.4, 0.5) is 11.5 Å². The Bertz CT molecular complexity index is 615. The summed E-state index contributed by atoms with van der Waals surface area (Å²) in [5.74, 6) is -0.126. The topological polar surface area (TPSA) is 107 Å². The van der Waals surface area contributed by atoms with E-state index in [0.717, 1.165) is 12.0 Å². The van der Waals surface area contributed by atoms with E-state index < -0.39 is 5.91 Å². The van der Waals surface area contributed by atoms with E-state index in [9.17, 15) is 4.79 Å². The Morgan fingerprint density at radius 3 is 2.60 bits per heavy atom. The molecule has 1 aromatic carbocycles. The minimum Gasteiger partial charge on any atom is -0.382 e. The van der Waals surface area contributed by atoms with E-state index in [1.165, 1.54) is 0 Å². The van der Waals surface area contributed by atoms with Crippen molar-refractivity contribution < 1.29 is 4.79 Å². The van der Waals surface area contributed by atoms with Crippen LogP contribution in [-0.4, -0.2) is 22.6 Å². The highest BCUT2D eigenvalue weighted by molar-refractivity contribution is 6.29. The number of hydrogen-bond acceptors (Lipinski definition) is 5. The quantitative estimate of drug-likeness (QED) is 0.773. The Morgan fingerprint density at radius 1 is 1.25 bits per heavy atom. The summed E-state index contributed by atoms with van der Waals surface area (Å²) in [5, 5.41) is 10.8. The maximum atomic E-state index is 11.0. The molecule has 0 saturated carbocycles. The van der Waals surface area contributed by atoms with Gasteiger partial charge in [-0.1, -0.05) is 23.7 Å². The smallest absolute Gasteiger partial charge is 0.248 e. The lowest BCUT2D eigenvalue weighted by molar-refractivity contribution is 0.100. The second-order valence-electron chi connectivity index (χ2n) is 4.20. The van der Waals surface area contributed by atoms with Crippen LogP contribution >= 0.6 is 11.6 Å². The monoisotopic (exact) mass is 291 g/mol. The molecule has 0 spiro atoms. The first kappa shape index (κ1) is 14.1. The van der Waals surface area contributed by atoms with Crippen molar-refractivity contribution in [2.24, 2.45) is 5.73 Å². The van der Waals surface area contributed by atoms with Crippen LogP contribution in [0.1, 0.15) is 15.9 Å². The van der Waals surface area contributed by atoms with Crippen molar-refractivity contribution in [3.05, 3.63) is 46.6 Å². The minimum absolute atomic E-state index is 0.285. The number of carbonyl (C=O) groups is 1. The van der Waals surface area contributed by atoms with Crippen molar-refractivity contribution in [2.75, 3.05) is 17.6 Å². The van der Waals surface area contributed by atoms with Crippen molar-refractivity contribution >= 4 is 29.0 Å². The first-order valence-corrected chi connectivity index (χ1v) is 6.35. The molecule has 1 amide bonds. The summed E-state index contributed by atoms with van der Waals surface area (Å²) in [4.78, 5) is 11.0. The molecule has 20 heavy (non-hydrogen) atoms. The van der Waals surface area contributed by atoms with Crippen molar-refractivity contribution in [2.45, 2.75) is 6.42 Å². The fourth-order valence-corrected chi connectivity index (χ4v) is 1.84. The second kappa shape index (κ2) is 6.21. The number of hydrogen-bond donors (Lipinski definition) is 3. The third-order valence-corrected chi connectivity index (χ3v) is 2.94. The van der Waals surface area contributed by atoms with Crippen LogP contribution < -0.4 is 16.8 Å². The van der Waals surface area contributed by atoms with Gasteiger partial charge in [0, 0.05) is 18.2 Å². The van der Waals surface area contributed by atoms with Gasteiger partial charge in [-0.25, -0.2) is 0 Å². The summed E-state index contributed by atoms with van der Waals surface area (Å²) in [5.41, 5.74) is 13.1. The third-order valence-electron chi connectivity index (χ3n) is 2.76. The number of rotatable bonds is 5. The molecule has 6 nitrogen and oxygen atoms in total. The van der Waals surface area contributed by atoms with Gasteiger partial charge in [-0.2, -0.15) is 0 Å². The van der Waals surface area contributed by atoms with Gasteiger partial charge >= 0.3 is 0 Å². The molecule has 0 bridgehead atoms. The van der Waals surface area contributed by atoms with E-state index in [2.05, 4.69) is 15.5 Å². The predicted molar refractivity (Wildman–Crippen MR) is 78.6 cm³/mol. The number of primary amides is 1. The van der Waals surface area contributed by atoms with Gasteiger partial charge in [0.05, 0.1) is 5.69 Å². The highest BCUT2D eigenvalue weighted by Gasteiger charge is 2.03. The Morgan fingerprint density at radius 2 is 1.95 bits per heavy atom. The highest BCUT2D eigenvalue weighted by Crippen LogP contribution is 2.17. The summed E-state index contributed by atoms with van der Waals surface area (Å²) >= 11 is 5.75. The summed E-state index contributed by atoms with van der Waals surface area (Å²) < 4.78 is 0. The number of halogens is 1. The number of nitrogens with two attached hydrogens (primary N) is 2. The van der Waals surface area contributed by atoms with E-state index in [4.69, 9.17) is 23.1 Å². The van der Waals surface area contributed by atoms with Crippen LogP contribution in [0.3, 0.4) is 0 Å². The molecule has 0 aliphatic heterocycles. The van der Waals surface area contributed by atoms with Gasteiger partial charge in [-0.3, -0.25) is 4.79 Å². The zero-order chi connectivity index (χ0) is 14.5. The second-order valence-corrected chi connectivity index (χ2v) is 4.59. The third kappa shape index (κ3) is 3.58. The number of amides is 1. The summed E-state index contributed by atoms with van der Waals surface area (Å²) in [7, 11) is 0. The largest absolute Gasteiger partial charge is 0.382 e. The van der Waals surface area contributed by atoms with Gasteiger partial charge in [0.25, 0.3) is 0 Å². The molecule has 5 N–H and O–H groups in total. The van der Waals surface area contributed by atoms with Crippen LogP contribution in [0.5, 0.6) is 0 Å². The SMILES string of the molecule is NC(=O)c1ccc(CCNc2cc(Cl)nnc2N)cc1. The molecule has 0 aliphatic rings. The van der Waals surface area contributed by atoms with Gasteiger partial charge in [0.15, 0.2) is 11.0 Å². The molecular weight excluding hydrogens is 278 g/mol. The molecule has 0 atom stereocenters. The zero-order valence-electron chi connectivity index (χ0n) is 10.6. The van der Waals surface area contributed by atoms with Crippen LogP contribution in [0, 0.1) is 0 Å². The van der Waals surface area contributed by atoms with Crippen LogP contribution in [0.25, 0.3) is 0 Å². The first-order chi connectivity index (χ1) is 9.56. The van der Waals surface area contributed by atoms with E-state index in [1.807, 2.05) is 12.1 Å². The number of nitrogens with zero attached hydrogens (tertiary/aromatic N) is 2. The molecule has 0 aliphatic carbocycles. The maximum Gasteiger partial charge on any atom is 0.248 e. The number of benzene rings is 1. The maximum absolute atomic E-state index is 11.0. The Hall–Kier alpha value is -2.34. The minimum atomic E-state index is -0.431. The lowest BCUT2D eigenvalue weighted by Gasteiger charge is -2.08. The number of anilines is 2. The van der Waals surface area contributed by atoms with Crippen molar-refractivity contribution in [3.8, 4) is 0 Å². The molecule has 2 aromatic rings. The molecule has 1 heterocycles. The predicted octanol–water partition coefficient (Wildman–Crippen LogP) is 1.47. The first-order valence-electron chi connectivity index (χ1n) is 5.97. The molecule has 0 fully saturated rings. The average Bonchev–Trinajstić information content (AvgIpc) is 2.43. The zero-order valence-corrected chi connectivity index (χ0v) is 11.4. The number of carbonyl (C=O) groups excluding carboxylic acids is 1. The normalized spacial score (nSPS) is 10.2. The Kier molecular flexibility index (Phi) is 4.37. The number of aromatic nitrogens is 2. The summed E-state index contributed by atoms with van der Waals surface area (Å²) in [6.07, 6.45) is 0.762. The summed E-state index contributed by atoms with van der Waals surface area (Å²) in [6.45, 7) is 0.655. The fourth-order valence-electron chi connectivity index (χ4n) is 1.70. The van der Waals surface area contributed by atoms with Crippen molar-refractivity contribution in [1.29, 1.82) is 0 Å². The van der Waals surface area contributed by atoms with E-state index in [-0.39, 0.29) is 5.15 Å². The lowest BCUT2D eigenvalue weighted by Crippen LogP contribution is -2.11. The molecule has 0 saturated heterocycles. The Labute approximate surface area is 121 Å². The van der Waals surface area contributed by atoms with Gasteiger partial charge in [0.1, 0.15) is 0 Å². The fraction of sp³-hybridized carbons (Fsp3) is 0.154.